The van der Waals surface area contributed by atoms with E-state index in [2.05, 4.69) is 27.3 Å². The van der Waals surface area contributed by atoms with Crippen molar-refractivity contribution in [2.75, 3.05) is 26.2 Å². The highest BCUT2D eigenvalue weighted by molar-refractivity contribution is 14.0. The number of rotatable bonds is 5. The second-order valence-corrected chi connectivity index (χ2v) is 7.97. The molecule has 6 nitrogen and oxygen atoms in total. The van der Waals surface area contributed by atoms with E-state index in [1.807, 2.05) is 24.3 Å². The summed E-state index contributed by atoms with van der Waals surface area (Å²) in [4.78, 5) is 11.7. The average Bonchev–Trinajstić information content (AvgIpc) is 3.29. The van der Waals surface area contributed by atoms with Gasteiger partial charge < -0.3 is 14.7 Å². The van der Waals surface area contributed by atoms with Crippen LogP contribution in [0.15, 0.2) is 33.8 Å². The quantitative estimate of drug-likeness (QED) is 0.363. The summed E-state index contributed by atoms with van der Waals surface area (Å²) in [5, 5.41) is 8.18. The normalized spacial score (nSPS) is 18.1. The highest BCUT2D eigenvalue weighted by Crippen LogP contribution is 2.47. The lowest BCUT2D eigenvalue weighted by molar-refractivity contribution is 0.151. The summed E-state index contributed by atoms with van der Waals surface area (Å²) in [6, 6.07) is 7.43. The Hall–Kier alpha value is -1.35. The minimum atomic E-state index is 0. The minimum Gasteiger partial charge on any atom is -0.357 e. The van der Waals surface area contributed by atoms with Crippen molar-refractivity contribution < 1.29 is 4.52 Å². The number of guanidine groups is 1. The van der Waals surface area contributed by atoms with Crippen molar-refractivity contribution in [1.82, 2.24) is 20.4 Å². The third-order valence-electron chi connectivity index (χ3n) is 5.64. The topological polar surface area (TPSA) is 66.5 Å². The van der Waals surface area contributed by atoms with Crippen molar-refractivity contribution in [2.45, 2.75) is 39.0 Å². The molecule has 1 saturated carbocycles. The summed E-state index contributed by atoms with van der Waals surface area (Å²) >= 11 is 5.92. The molecule has 2 aromatic rings. The van der Waals surface area contributed by atoms with Gasteiger partial charge in [-0.3, -0.25) is 4.99 Å². The van der Waals surface area contributed by atoms with Crippen LogP contribution in [0.25, 0.3) is 11.4 Å². The smallest absolute Gasteiger partial charge is 0.228 e. The second kappa shape index (κ2) is 9.43. The Morgan fingerprint density at radius 3 is 2.71 bits per heavy atom. The summed E-state index contributed by atoms with van der Waals surface area (Å²) in [6.45, 7) is 5.87. The van der Waals surface area contributed by atoms with Crippen LogP contribution in [0.1, 0.15) is 38.5 Å². The van der Waals surface area contributed by atoms with Crippen molar-refractivity contribution >= 4 is 41.5 Å². The van der Waals surface area contributed by atoms with Gasteiger partial charge in [0.05, 0.1) is 6.54 Å². The van der Waals surface area contributed by atoms with Gasteiger partial charge in [-0.1, -0.05) is 23.2 Å². The van der Waals surface area contributed by atoms with Crippen LogP contribution in [0, 0.1) is 5.41 Å². The number of hydrogen-bond acceptors (Lipinski definition) is 4. The zero-order valence-corrected chi connectivity index (χ0v) is 19.2. The molecule has 8 heteroatoms. The van der Waals surface area contributed by atoms with E-state index in [1.54, 1.807) is 0 Å². The van der Waals surface area contributed by atoms with Crippen LogP contribution in [0.4, 0.5) is 0 Å². The van der Waals surface area contributed by atoms with Crippen LogP contribution in [-0.2, 0) is 6.42 Å². The highest BCUT2D eigenvalue weighted by Gasteiger charge is 2.43. The first kappa shape index (κ1) is 21.4. The fourth-order valence-electron chi connectivity index (χ4n) is 3.96. The van der Waals surface area contributed by atoms with E-state index in [9.17, 15) is 0 Å². The molecule has 2 fully saturated rings. The molecule has 1 aromatic heterocycles. The summed E-state index contributed by atoms with van der Waals surface area (Å²) in [6.07, 6.45) is 6.06. The fraction of sp³-hybridized carbons (Fsp3) is 0.550. The van der Waals surface area contributed by atoms with E-state index in [-0.39, 0.29) is 24.0 Å². The molecule has 4 rings (SSSR count). The van der Waals surface area contributed by atoms with Gasteiger partial charge in [-0.05, 0) is 55.9 Å². The van der Waals surface area contributed by atoms with E-state index in [1.165, 1.54) is 25.7 Å². The van der Waals surface area contributed by atoms with E-state index in [0.717, 1.165) is 31.2 Å². The number of hydrogen-bond donors (Lipinski definition) is 1. The molecule has 0 amide bonds. The van der Waals surface area contributed by atoms with E-state index < -0.39 is 0 Å². The molecule has 0 unspecified atom stereocenters. The second-order valence-electron chi connectivity index (χ2n) is 7.53. The number of aromatic nitrogens is 2. The van der Waals surface area contributed by atoms with Crippen LogP contribution in [0.3, 0.4) is 0 Å². The lowest BCUT2D eigenvalue weighted by Gasteiger charge is -2.38. The Balaban J connectivity index is 0.00000225. The van der Waals surface area contributed by atoms with Gasteiger partial charge in [-0.2, -0.15) is 4.98 Å². The number of benzene rings is 1. The molecule has 28 heavy (non-hydrogen) atoms. The summed E-state index contributed by atoms with van der Waals surface area (Å²) in [5.74, 6) is 2.21. The Morgan fingerprint density at radius 1 is 1.29 bits per heavy atom. The van der Waals surface area contributed by atoms with Crippen molar-refractivity contribution in [2.24, 2.45) is 10.4 Å². The first-order valence-electron chi connectivity index (χ1n) is 9.79. The third-order valence-corrected chi connectivity index (χ3v) is 5.90. The molecule has 1 N–H and O–H groups in total. The molecule has 1 spiro atoms. The molecule has 0 bridgehead atoms. The van der Waals surface area contributed by atoms with Crippen molar-refractivity contribution in [3.05, 3.63) is 35.2 Å². The predicted molar refractivity (Wildman–Crippen MR) is 122 cm³/mol. The van der Waals surface area contributed by atoms with Crippen molar-refractivity contribution in [3.8, 4) is 11.4 Å². The maximum absolute atomic E-state index is 5.92. The molecule has 0 atom stereocenters. The lowest BCUT2D eigenvalue weighted by Crippen LogP contribution is -2.42. The molecule has 0 radical (unpaired) electrons. The minimum absolute atomic E-state index is 0. The average molecular weight is 516 g/mol. The van der Waals surface area contributed by atoms with Gasteiger partial charge in [0.2, 0.25) is 11.7 Å². The Bertz CT molecular complexity index is 803. The first-order valence-corrected chi connectivity index (χ1v) is 10.2. The summed E-state index contributed by atoms with van der Waals surface area (Å²) < 4.78 is 5.38. The van der Waals surface area contributed by atoms with Gasteiger partial charge in [0, 0.05) is 36.6 Å². The van der Waals surface area contributed by atoms with Crippen LogP contribution < -0.4 is 5.32 Å². The number of halogens is 2. The van der Waals surface area contributed by atoms with Crippen molar-refractivity contribution in [1.29, 1.82) is 0 Å². The molecule has 152 valence electrons. The highest BCUT2D eigenvalue weighted by atomic mass is 127. The molecule has 1 aromatic carbocycles. The van der Waals surface area contributed by atoms with Gasteiger partial charge in [-0.15, -0.1) is 24.0 Å². The molecule has 2 heterocycles. The number of likely N-dealkylation sites (tertiary alicyclic amines) is 1. The fourth-order valence-corrected chi connectivity index (χ4v) is 4.08. The van der Waals surface area contributed by atoms with E-state index >= 15 is 0 Å². The Labute approximate surface area is 188 Å². The monoisotopic (exact) mass is 515 g/mol. The first-order chi connectivity index (χ1) is 13.2. The molecule has 1 saturated heterocycles. The molecule has 1 aliphatic heterocycles. The molecule has 1 aliphatic carbocycles. The van der Waals surface area contributed by atoms with Gasteiger partial charge in [-0.25, -0.2) is 0 Å². The van der Waals surface area contributed by atoms with Crippen molar-refractivity contribution in [3.63, 3.8) is 0 Å². The maximum atomic E-state index is 5.92. The molecular weight excluding hydrogens is 489 g/mol. The van der Waals surface area contributed by atoms with E-state index in [0.29, 0.717) is 35.1 Å². The zero-order chi connectivity index (χ0) is 18.7. The van der Waals surface area contributed by atoms with Crippen LogP contribution in [0.2, 0.25) is 5.02 Å². The third kappa shape index (κ3) is 4.79. The van der Waals surface area contributed by atoms with Gasteiger partial charge in [0.25, 0.3) is 0 Å². The molecule has 2 aliphatic rings. The Kier molecular flexibility index (Phi) is 7.20. The zero-order valence-electron chi connectivity index (χ0n) is 16.2. The maximum Gasteiger partial charge on any atom is 0.228 e. The van der Waals surface area contributed by atoms with E-state index in [4.69, 9.17) is 21.1 Å². The Morgan fingerprint density at radius 2 is 2.07 bits per heavy atom. The van der Waals surface area contributed by atoms with Gasteiger partial charge in [0.15, 0.2) is 5.96 Å². The molecular formula is C20H27ClIN5O. The SMILES string of the molecule is CCNC(=NCCc1nc(-c2ccc(Cl)cc2)no1)N1CCC2(CCC2)C1.I. The summed E-state index contributed by atoms with van der Waals surface area (Å²) in [7, 11) is 0. The summed E-state index contributed by atoms with van der Waals surface area (Å²) in [5.41, 5.74) is 1.46. The number of nitrogens with one attached hydrogen (secondary N) is 1. The van der Waals surface area contributed by atoms with Gasteiger partial charge >= 0.3 is 0 Å². The standard InChI is InChI=1S/C20H26ClN5O.HI/c1-2-22-19(26-13-11-20(14-26)9-3-10-20)23-12-8-17-24-18(25-27-17)15-4-6-16(21)7-5-15;/h4-7H,2-3,8-14H2,1H3,(H,22,23);1H. The lowest BCUT2D eigenvalue weighted by atomic mass is 9.68. The number of nitrogens with zero attached hydrogens (tertiary/aromatic N) is 4. The van der Waals surface area contributed by atoms with Crippen LogP contribution in [0.5, 0.6) is 0 Å². The number of aliphatic imine (C=N–C) groups is 1. The van der Waals surface area contributed by atoms with Crippen LogP contribution >= 0.6 is 35.6 Å². The largest absolute Gasteiger partial charge is 0.357 e. The van der Waals surface area contributed by atoms with Crippen LogP contribution in [-0.4, -0.2) is 47.2 Å². The predicted octanol–water partition coefficient (Wildman–Crippen LogP) is 4.39. The van der Waals surface area contributed by atoms with Gasteiger partial charge in [0.1, 0.15) is 0 Å².